The highest BCUT2D eigenvalue weighted by molar-refractivity contribution is 7.10. The lowest BCUT2D eigenvalue weighted by molar-refractivity contribution is 0.112. The molecule has 1 heterocycles. The van der Waals surface area contributed by atoms with Crippen LogP contribution in [-0.2, 0) is 0 Å². The molecule has 0 bridgehead atoms. The Morgan fingerprint density at radius 2 is 2.14 bits per heavy atom. The highest BCUT2D eigenvalue weighted by Gasteiger charge is 2.08. The number of hydrogen-bond donors (Lipinski definition) is 0. The first-order valence-electron chi connectivity index (χ1n) is 4.27. The zero-order chi connectivity index (χ0) is 9.97. The Balaban J connectivity index is 2.62. The lowest BCUT2D eigenvalue weighted by atomic mass is 10.1. The minimum Gasteiger partial charge on any atom is -0.298 e. The molecular formula is C11H9NOS. The molecule has 0 saturated heterocycles. The molecule has 0 saturated carbocycles. The molecule has 1 aromatic carbocycles. The van der Waals surface area contributed by atoms with Gasteiger partial charge < -0.3 is 0 Å². The number of hydrogen-bond acceptors (Lipinski definition) is 3. The predicted molar refractivity (Wildman–Crippen MR) is 57.7 cm³/mol. The van der Waals surface area contributed by atoms with Gasteiger partial charge in [0.2, 0.25) is 0 Å². The van der Waals surface area contributed by atoms with E-state index >= 15 is 0 Å². The number of carbonyl (C=O) groups is 1. The summed E-state index contributed by atoms with van der Waals surface area (Å²) < 4.78 is 0. The molecule has 0 spiro atoms. The van der Waals surface area contributed by atoms with Gasteiger partial charge >= 0.3 is 0 Å². The third kappa shape index (κ3) is 1.46. The molecule has 0 N–H and O–H groups in total. The maximum absolute atomic E-state index is 10.8. The molecule has 70 valence electrons. The van der Waals surface area contributed by atoms with Crippen molar-refractivity contribution in [2.24, 2.45) is 0 Å². The van der Waals surface area contributed by atoms with Crippen LogP contribution in [0.2, 0.25) is 0 Å². The second-order valence-electron chi connectivity index (χ2n) is 2.96. The van der Waals surface area contributed by atoms with Crippen LogP contribution in [0.15, 0.2) is 29.8 Å². The van der Waals surface area contributed by atoms with Crippen molar-refractivity contribution in [1.29, 1.82) is 0 Å². The van der Waals surface area contributed by atoms with Crippen LogP contribution in [0.4, 0.5) is 0 Å². The van der Waals surface area contributed by atoms with Crippen LogP contribution in [0.1, 0.15) is 15.2 Å². The molecule has 0 atom stereocenters. The molecule has 2 nitrogen and oxygen atoms in total. The Bertz CT molecular complexity index is 462. The van der Waals surface area contributed by atoms with Gasteiger partial charge in [-0.25, -0.2) is 4.98 Å². The SMILES string of the molecule is Cc1scnc1-c1ccccc1C=O. The van der Waals surface area contributed by atoms with Gasteiger partial charge in [0, 0.05) is 16.0 Å². The van der Waals surface area contributed by atoms with Crippen molar-refractivity contribution in [3.8, 4) is 11.3 Å². The Labute approximate surface area is 86.2 Å². The molecule has 0 aliphatic rings. The van der Waals surface area contributed by atoms with Gasteiger partial charge in [0.15, 0.2) is 6.29 Å². The Hall–Kier alpha value is -1.48. The minimum atomic E-state index is 0.696. The Morgan fingerprint density at radius 1 is 1.36 bits per heavy atom. The monoisotopic (exact) mass is 203 g/mol. The quantitative estimate of drug-likeness (QED) is 0.702. The van der Waals surface area contributed by atoms with E-state index in [-0.39, 0.29) is 0 Å². The zero-order valence-corrected chi connectivity index (χ0v) is 8.54. The molecule has 2 rings (SSSR count). The van der Waals surface area contributed by atoms with Crippen LogP contribution < -0.4 is 0 Å². The van der Waals surface area contributed by atoms with E-state index in [0.29, 0.717) is 5.56 Å². The Morgan fingerprint density at radius 3 is 2.79 bits per heavy atom. The van der Waals surface area contributed by atoms with Crippen LogP contribution in [-0.4, -0.2) is 11.3 Å². The molecule has 1 aromatic heterocycles. The molecule has 0 aliphatic carbocycles. The average molecular weight is 203 g/mol. The molecular weight excluding hydrogens is 194 g/mol. The first-order valence-corrected chi connectivity index (χ1v) is 5.15. The normalized spacial score (nSPS) is 10.1. The largest absolute Gasteiger partial charge is 0.298 e. The van der Waals surface area contributed by atoms with Gasteiger partial charge in [-0.15, -0.1) is 11.3 Å². The van der Waals surface area contributed by atoms with Crippen molar-refractivity contribution in [3.63, 3.8) is 0 Å². The summed E-state index contributed by atoms with van der Waals surface area (Å²) in [6, 6.07) is 7.50. The second-order valence-corrected chi connectivity index (χ2v) is 4.02. The zero-order valence-electron chi connectivity index (χ0n) is 7.73. The van der Waals surface area contributed by atoms with Gasteiger partial charge in [0.05, 0.1) is 11.2 Å². The number of carbonyl (C=O) groups excluding carboxylic acids is 1. The van der Waals surface area contributed by atoms with E-state index in [4.69, 9.17) is 0 Å². The number of nitrogens with zero attached hydrogens (tertiary/aromatic N) is 1. The van der Waals surface area contributed by atoms with E-state index in [1.165, 1.54) is 0 Å². The number of thiazole rings is 1. The smallest absolute Gasteiger partial charge is 0.150 e. The summed E-state index contributed by atoms with van der Waals surface area (Å²) in [7, 11) is 0. The maximum Gasteiger partial charge on any atom is 0.150 e. The van der Waals surface area contributed by atoms with Crippen molar-refractivity contribution >= 4 is 17.6 Å². The molecule has 3 heteroatoms. The van der Waals surface area contributed by atoms with Gasteiger partial charge in [-0.05, 0) is 6.92 Å². The van der Waals surface area contributed by atoms with Crippen molar-refractivity contribution in [1.82, 2.24) is 4.98 Å². The van der Waals surface area contributed by atoms with E-state index in [9.17, 15) is 4.79 Å². The number of benzene rings is 1. The summed E-state index contributed by atoms with van der Waals surface area (Å²) in [5, 5.41) is 0. The fourth-order valence-corrected chi connectivity index (χ4v) is 1.97. The van der Waals surface area contributed by atoms with Crippen LogP contribution in [0.5, 0.6) is 0 Å². The first-order chi connectivity index (χ1) is 6.83. The fourth-order valence-electron chi connectivity index (χ4n) is 1.38. The summed E-state index contributed by atoms with van der Waals surface area (Å²) in [4.78, 5) is 16.2. The van der Waals surface area contributed by atoms with E-state index in [0.717, 1.165) is 22.4 Å². The summed E-state index contributed by atoms with van der Waals surface area (Å²) in [5.74, 6) is 0. The molecule has 0 amide bonds. The lowest BCUT2D eigenvalue weighted by Crippen LogP contribution is -1.87. The van der Waals surface area contributed by atoms with E-state index in [2.05, 4.69) is 4.98 Å². The van der Waals surface area contributed by atoms with Crippen molar-refractivity contribution in [3.05, 3.63) is 40.2 Å². The van der Waals surface area contributed by atoms with E-state index in [1.807, 2.05) is 25.1 Å². The highest BCUT2D eigenvalue weighted by atomic mass is 32.1. The molecule has 0 fully saturated rings. The number of aldehydes is 1. The van der Waals surface area contributed by atoms with E-state index in [1.54, 1.807) is 22.9 Å². The number of aryl methyl sites for hydroxylation is 1. The first kappa shape index (κ1) is 9.09. The van der Waals surface area contributed by atoms with Crippen LogP contribution in [0, 0.1) is 6.92 Å². The summed E-state index contributed by atoms with van der Waals surface area (Å²) >= 11 is 1.59. The molecule has 0 aliphatic heterocycles. The topological polar surface area (TPSA) is 30.0 Å². The predicted octanol–water partition coefficient (Wildman–Crippen LogP) is 2.93. The van der Waals surface area contributed by atoms with Gasteiger partial charge in [0.25, 0.3) is 0 Å². The number of rotatable bonds is 2. The van der Waals surface area contributed by atoms with Gasteiger partial charge in [-0.1, -0.05) is 24.3 Å². The standard InChI is InChI=1S/C11H9NOS/c1-8-11(12-7-14-8)10-5-3-2-4-9(10)6-13/h2-7H,1H3. The molecule has 0 radical (unpaired) electrons. The van der Waals surface area contributed by atoms with Crippen LogP contribution >= 0.6 is 11.3 Å². The van der Waals surface area contributed by atoms with Crippen LogP contribution in [0.25, 0.3) is 11.3 Å². The van der Waals surface area contributed by atoms with Crippen LogP contribution in [0.3, 0.4) is 0 Å². The van der Waals surface area contributed by atoms with E-state index < -0.39 is 0 Å². The van der Waals surface area contributed by atoms with Gasteiger partial charge in [-0.2, -0.15) is 0 Å². The highest BCUT2D eigenvalue weighted by Crippen LogP contribution is 2.26. The summed E-state index contributed by atoms with van der Waals surface area (Å²) in [6.45, 7) is 2.01. The molecule has 0 unspecified atom stereocenters. The maximum atomic E-state index is 10.8. The number of aromatic nitrogens is 1. The third-order valence-corrected chi connectivity index (χ3v) is 2.85. The summed E-state index contributed by atoms with van der Waals surface area (Å²) in [6.07, 6.45) is 0.869. The van der Waals surface area contributed by atoms with Gasteiger partial charge in [0.1, 0.15) is 0 Å². The van der Waals surface area contributed by atoms with Crippen molar-refractivity contribution < 1.29 is 4.79 Å². The summed E-state index contributed by atoms with van der Waals surface area (Å²) in [5.41, 5.74) is 4.33. The molecule has 2 aromatic rings. The fraction of sp³-hybridized carbons (Fsp3) is 0.0909. The minimum absolute atomic E-state index is 0.696. The van der Waals surface area contributed by atoms with Crippen molar-refractivity contribution in [2.75, 3.05) is 0 Å². The second kappa shape index (κ2) is 3.72. The molecule has 14 heavy (non-hydrogen) atoms. The third-order valence-electron chi connectivity index (χ3n) is 2.09. The lowest BCUT2D eigenvalue weighted by Gasteiger charge is -2.01. The van der Waals surface area contributed by atoms with Gasteiger partial charge in [-0.3, -0.25) is 4.79 Å². The van der Waals surface area contributed by atoms with Crippen molar-refractivity contribution in [2.45, 2.75) is 6.92 Å². The average Bonchev–Trinajstić information content (AvgIpc) is 2.64. The Kier molecular flexibility index (Phi) is 2.41.